The van der Waals surface area contributed by atoms with E-state index in [1.807, 2.05) is 11.0 Å². The molecule has 0 amide bonds. The summed E-state index contributed by atoms with van der Waals surface area (Å²) in [5.41, 5.74) is 14.7. The molecule has 15 heteroatoms. The van der Waals surface area contributed by atoms with Crippen LogP contribution >= 0.6 is 23.2 Å². The molecule has 0 radical (unpaired) electrons. The molecule has 2 aliphatic rings. The van der Waals surface area contributed by atoms with Gasteiger partial charge in [0.15, 0.2) is 17.7 Å². The Kier molecular flexibility index (Phi) is 9.80. The zero-order valence-corrected chi connectivity index (χ0v) is 24.5. The number of nitrogens with two attached hydrogens (primary N) is 2. The molecule has 42 heavy (non-hydrogen) atoms. The summed E-state index contributed by atoms with van der Waals surface area (Å²) in [7, 11) is 0. The highest BCUT2D eigenvalue weighted by Crippen LogP contribution is 2.36. The molecule has 4 heterocycles. The number of hydrogen-bond acceptors (Lipinski definition) is 11. The van der Waals surface area contributed by atoms with Gasteiger partial charge in [-0.2, -0.15) is 0 Å². The lowest BCUT2D eigenvalue weighted by Gasteiger charge is -2.29. The number of aliphatic hydroxyl groups excluding tert-OH is 2. The van der Waals surface area contributed by atoms with Gasteiger partial charge in [-0.1, -0.05) is 35.7 Å². The van der Waals surface area contributed by atoms with Gasteiger partial charge in [0.2, 0.25) is 0 Å². The summed E-state index contributed by atoms with van der Waals surface area (Å²) in [5.74, 6) is -0.571. The van der Waals surface area contributed by atoms with Gasteiger partial charge in [-0.25, -0.2) is 15.0 Å². The summed E-state index contributed by atoms with van der Waals surface area (Å²) in [4.78, 5) is 25.7. The number of carboxylic acids is 1. The highest BCUT2D eigenvalue weighted by Gasteiger charge is 2.45. The van der Waals surface area contributed by atoms with Crippen LogP contribution in [0.5, 0.6) is 0 Å². The van der Waals surface area contributed by atoms with Gasteiger partial charge in [-0.05, 0) is 48.9 Å². The van der Waals surface area contributed by atoms with Crippen LogP contribution < -0.4 is 16.8 Å². The summed E-state index contributed by atoms with van der Waals surface area (Å²) in [5, 5.41) is 35.6. The predicted octanol–water partition coefficient (Wildman–Crippen LogP) is 1.50. The fraction of sp³-hybridized carbons (Fsp3) is 0.556. The van der Waals surface area contributed by atoms with E-state index >= 15 is 0 Å². The quantitative estimate of drug-likeness (QED) is 0.159. The Morgan fingerprint density at radius 2 is 2.00 bits per heavy atom. The van der Waals surface area contributed by atoms with Gasteiger partial charge in [-0.15, -0.1) is 0 Å². The number of fused-ring (bicyclic) bond motifs is 2. The molecule has 0 saturated carbocycles. The molecule has 6 atom stereocenters. The van der Waals surface area contributed by atoms with E-state index in [2.05, 4.69) is 26.3 Å². The van der Waals surface area contributed by atoms with Crippen molar-refractivity contribution in [1.29, 1.82) is 0 Å². The lowest BCUT2D eigenvalue weighted by atomic mass is 9.87. The number of ether oxygens (including phenoxy) is 1. The molecular weight excluding hydrogens is 587 g/mol. The van der Waals surface area contributed by atoms with Gasteiger partial charge >= 0.3 is 5.97 Å². The second kappa shape index (κ2) is 13.3. The minimum atomic E-state index is -1.24. The van der Waals surface area contributed by atoms with Crippen LogP contribution in [0.2, 0.25) is 10.0 Å². The van der Waals surface area contributed by atoms with Crippen LogP contribution in [0.15, 0.2) is 24.8 Å². The van der Waals surface area contributed by atoms with Gasteiger partial charge in [0.1, 0.15) is 36.2 Å². The minimum Gasteiger partial charge on any atom is -0.480 e. The molecule has 2 aliphatic heterocycles. The number of anilines is 1. The number of rotatable bonds is 12. The smallest absolute Gasteiger partial charge is 0.320 e. The minimum absolute atomic E-state index is 0.198. The number of aliphatic hydroxyl groups is 2. The van der Waals surface area contributed by atoms with Crippen molar-refractivity contribution >= 4 is 46.2 Å². The average Bonchev–Trinajstić information content (AvgIpc) is 3.52. The highest BCUT2D eigenvalue weighted by molar-refractivity contribution is 6.42. The fourth-order valence-electron chi connectivity index (χ4n) is 5.79. The standard InChI is InChI=1S/C27H36Cl2N8O5/c28-17-5-4-15-14(9-32-10-16(15)20(17)29)3-1-2-7-36(8-6-18(30)27(40)41)11-19-22(38)23(39)26(42-19)37-13-35-21-24(31)33-12-34-25(21)37/h4-5,12-14,18-19,22-23,26,32,38-39H,1-3,6-11,30H2,(H,40,41)(H2,31,33,34)/t14?,18-,19+,22?,23-,26+/m0/s1. The van der Waals surface area contributed by atoms with Crippen molar-refractivity contribution in [3.05, 3.63) is 46.0 Å². The number of nitrogens with zero attached hydrogens (tertiary/aromatic N) is 5. The van der Waals surface area contributed by atoms with Crippen LogP contribution in [0.3, 0.4) is 0 Å². The highest BCUT2D eigenvalue weighted by atomic mass is 35.5. The van der Waals surface area contributed by atoms with Crippen molar-refractivity contribution < 1.29 is 24.9 Å². The van der Waals surface area contributed by atoms with Crippen molar-refractivity contribution in [2.75, 3.05) is 31.9 Å². The molecule has 2 unspecified atom stereocenters. The van der Waals surface area contributed by atoms with Crippen LogP contribution in [-0.4, -0.2) is 96.2 Å². The number of carbonyl (C=O) groups is 1. The maximum absolute atomic E-state index is 11.3. The van der Waals surface area contributed by atoms with Gasteiger partial charge in [0.05, 0.1) is 16.4 Å². The molecule has 0 bridgehead atoms. The Hall–Kier alpha value is -2.62. The first-order valence-corrected chi connectivity index (χ1v) is 14.7. The molecule has 1 saturated heterocycles. The first kappa shape index (κ1) is 30.8. The third-order valence-electron chi connectivity index (χ3n) is 8.15. The van der Waals surface area contributed by atoms with Crippen LogP contribution in [0.25, 0.3) is 11.2 Å². The lowest BCUT2D eigenvalue weighted by Crippen LogP contribution is -2.42. The number of imidazole rings is 1. The summed E-state index contributed by atoms with van der Waals surface area (Å²) in [6.45, 7) is 2.83. The Morgan fingerprint density at radius 3 is 2.79 bits per heavy atom. The summed E-state index contributed by atoms with van der Waals surface area (Å²) >= 11 is 12.7. The topological polar surface area (TPSA) is 198 Å². The molecule has 3 aromatic rings. The van der Waals surface area contributed by atoms with Crippen LogP contribution in [0.4, 0.5) is 5.82 Å². The summed E-state index contributed by atoms with van der Waals surface area (Å²) < 4.78 is 7.65. The first-order chi connectivity index (χ1) is 20.2. The average molecular weight is 624 g/mol. The summed E-state index contributed by atoms with van der Waals surface area (Å²) in [6, 6.07) is 2.89. The number of carboxylic acid groups (broad SMARTS) is 1. The molecule has 2 aromatic heterocycles. The van der Waals surface area contributed by atoms with Crippen molar-refractivity contribution in [3.63, 3.8) is 0 Å². The molecule has 1 aromatic carbocycles. The van der Waals surface area contributed by atoms with Crippen LogP contribution in [-0.2, 0) is 16.1 Å². The van der Waals surface area contributed by atoms with E-state index in [-0.39, 0.29) is 18.8 Å². The largest absolute Gasteiger partial charge is 0.480 e. The first-order valence-electron chi connectivity index (χ1n) is 14.0. The number of aromatic nitrogens is 4. The van der Waals surface area contributed by atoms with Crippen molar-refractivity contribution in [2.45, 2.75) is 68.7 Å². The summed E-state index contributed by atoms with van der Waals surface area (Å²) in [6.07, 6.45) is 1.52. The van der Waals surface area contributed by atoms with E-state index in [0.29, 0.717) is 46.8 Å². The van der Waals surface area contributed by atoms with Gasteiger partial charge < -0.3 is 41.7 Å². The number of nitrogens with one attached hydrogen (secondary N) is 1. The van der Waals surface area contributed by atoms with E-state index in [9.17, 15) is 20.1 Å². The normalized spacial score (nSPS) is 24.8. The monoisotopic (exact) mass is 622 g/mol. The van der Waals surface area contributed by atoms with E-state index in [0.717, 1.165) is 31.4 Å². The SMILES string of the molecule is Nc1ncnc2c1ncn2[C@@H]1O[C@H](CN(CCCCC2CNCc3c2ccc(Cl)c3Cl)CC[C@H](N)C(=O)O)C(O)[C@@H]1O. The molecule has 1 fully saturated rings. The Morgan fingerprint density at radius 1 is 1.19 bits per heavy atom. The van der Waals surface area contributed by atoms with Crippen molar-refractivity contribution in [1.82, 2.24) is 29.7 Å². The van der Waals surface area contributed by atoms with Gasteiger partial charge in [0.25, 0.3) is 0 Å². The third-order valence-corrected chi connectivity index (χ3v) is 9.00. The van der Waals surface area contributed by atoms with Crippen molar-refractivity contribution in [3.8, 4) is 0 Å². The molecule has 13 nitrogen and oxygen atoms in total. The van der Waals surface area contributed by atoms with Crippen LogP contribution in [0.1, 0.15) is 49.0 Å². The number of unbranched alkanes of at least 4 members (excludes halogenated alkanes) is 1. The van der Waals surface area contributed by atoms with Crippen LogP contribution in [0, 0.1) is 0 Å². The maximum atomic E-state index is 11.3. The zero-order valence-electron chi connectivity index (χ0n) is 22.9. The molecule has 0 aliphatic carbocycles. The molecular formula is C27H36Cl2N8O5. The van der Waals surface area contributed by atoms with Gasteiger partial charge in [-0.3, -0.25) is 9.36 Å². The number of nitrogen functional groups attached to an aromatic ring is 1. The van der Waals surface area contributed by atoms with E-state index in [1.165, 1.54) is 22.8 Å². The number of halogens is 2. The predicted molar refractivity (Wildman–Crippen MR) is 157 cm³/mol. The Balaban J connectivity index is 1.22. The lowest BCUT2D eigenvalue weighted by molar-refractivity contribution is -0.138. The molecule has 5 rings (SSSR count). The molecule has 8 N–H and O–H groups in total. The van der Waals surface area contributed by atoms with E-state index in [4.69, 9.17) is 39.4 Å². The van der Waals surface area contributed by atoms with Gasteiger partial charge in [0, 0.05) is 26.2 Å². The second-order valence-corrected chi connectivity index (χ2v) is 11.7. The van der Waals surface area contributed by atoms with Crippen molar-refractivity contribution in [2.24, 2.45) is 5.73 Å². The number of hydrogen-bond donors (Lipinski definition) is 6. The zero-order chi connectivity index (χ0) is 30.0. The Bertz CT molecular complexity index is 1410. The molecule has 0 spiro atoms. The van der Waals surface area contributed by atoms with E-state index in [1.54, 1.807) is 0 Å². The molecule has 228 valence electrons. The fourth-order valence-corrected chi connectivity index (χ4v) is 6.21. The number of aliphatic carboxylic acids is 1. The third kappa shape index (κ3) is 6.48. The van der Waals surface area contributed by atoms with E-state index < -0.39 is 36.6 Å². The number of benzene rings is 1. The second-order valence-electron chi connectivity index (χ2n) is 10.9. The Labute approximate surface area is 252 Å². The maximum Gasteiger partial charge on any atom is 0.320 e.